The van der Waals surface area contributed by atoms with Crippen molar-refractivity contribution >= 4 is 12.0 Å². The van der Waals surface area contributed by atoms with Crippen molar-refractivity contribution in [2.24, 2.45) is 5.41 Å². The first-order chi connectivity index (χ1) is 13.9. The molecule has 0 bridgehead atoms. The summed E-state index contributed by atoms with van der Waals surface area (Å²) in [5.74, 6) is -0.446. The standard InChI is InChI=1S/C23H23FN4O/c1-23(2)13-20(27-22(29)11-8-17-5-3-4-12-25-17)19-15-26-28(21(19)14-23)18-9-6-16(24)7-10-18/h3-12,15,20H,13-14H2,1-2H3,(H,27,29)/b11-8+/t20-/m0/s1. The van der Waals surface area contributed by atoms with Crippen molar-refractivity contribution in [1.29, 1.82) is 0 Å². The van der Waals surface area contributed by atoms with Gasteiger partial charge in [0.15, 0.2) is 0 Å². The zero-order valence-electron chi connectivity index (χ0n) is 16.5. The molecule has 0 spiro atoms. The molecule has 0 saturated carbocycles. The van der Waals surface area contributed by atoms with Crippen molar-refractivity contribution in [3.63, 3.8) is 0 Å². The average molecular weight is 390 g/mol. The van der Waals surface area contributed by atoms with Gasteiger partial charge in [-0.3, -0.25) is 9.78 Å². The fourth-order valence-electron chi connectivity index (χ4n) is 3.83. The molecule has 0 aliphatic heterocycles. The molecule has 1 atom stereocenters. The van der Waals surface area contributed by atoms with E-state index in [2.05, 4.69) is 29.2 Å². The van der Waals surface area contributed by atoms with Crippen LogP contribution in [0.5, 0.6) is 0 Å². The molecule has 2 aromatic heterocycles. The quantitative estimate of drug-likeness (QED) is 0.678. The Kier molecular flexibility index (Phi) is 5.01. The van der Waals surface area contributed by atoms with Crippen LogP contribution in [0, 0.1) is 11.2 Å². The van der Waals surface area contributed by atoms with Crippen LogP contribution in [0.3, 0.4) is 0 Å². The second kappa shape index (κ2) is 7.62. The van der Waals surface area contributed by atoms with Crippen LogP contribution in [0.4, 0.5) is 4.39 Å². The summed E-state index contributed by atoms with van der Waals surface area (Å²) >= 11 is 0. The van der Waals surface area contributed by atoms with E-state index in [1.807, 2.05) is 22.9 Å². The number of amides is 1. The number of nitrogens with zero attached hydrogens (tertiary/aromatic N) is 3. The zero-order chi connectivity index (χ0) is 20.4. The van der Waals surface area contributed by atoms with Gasteiger partial charge in [-0.1, -0.05) is 19.9 Å². The van der Waals surface area contributed by atoms with Crippen LogP contribution in [-0.2, 0) is 11.2 Å². The van der Waals surface area contributed by atoms with Gasteiger partial charge in [0.05, 0.1) is 29.3 Å². The molecule has 1 aromatic carbocycles. The van der Waals surface area contributed by atoms with E-state index in [4.69, 9.17) is 0 Å². The normalized spacial score (nSPS) is 17.8. The lowest BCUT2D eigenvalue weighted by Crippen LogP contribution is -2.36. The van der Waals surface area contributed by atoms with Gasteiger partial charge in [0.25, 0.3) is 0 Å². The SMILES string of the molecule is CC1(C)Cc2c(cnn2-c2ccc(F)cc2)[C@@H](NC(=O)/C=C/c2ccccn2)C1. The molecule has 29 heavy (non-hydrogen) atoms. The van der Waals surface area contributed by atoms with Gasteiger partial charge in [-0.05, 0) is 60.7 Å². The third kappa shape index (κ3) is 4.26. The molecule has 0 unspecified atom stereocenters. The van der Waals surface area contributed by atoms with Crippen molar-refractivity contribution in [3.05, 3.63) is 83.7 Å². The van der Waals surface area contributed by atoms with E-state index in [0.29, 0.717) is 0 Å². The van der Waals surface area contributed by atoms with Gasteiger partial charge in [0.1, 0.15) is 5.82 Å². The van der Waals surface area contributed by atoms with Crippen LogP contribution in [0.15, 0.2) is 60.9 Å². The number of hydrogen-bond donors (Lipinski definition) is 1. The number of aromatic nitrogens is 3. The minimum atomic E-state index is -0.278. The largest absolute Gasteiger partial charge is 0.346 e. The summed E-state index contributed by atoms with van der Waals surface area (Å²) in [4.78, 5) is 16.7. The first-order valence-electron chi connectivity index (χ1n) is 9.64. The Hall–Kier alpha value is -3.28. The van der Waals surface area contributed by atoms with Crippen LogP contribution in [0.1, 0.15) is 43.3 Å². The molecule has 0 saturated heterocycles. The smallest absolute Gasteiger partial charge is 0.244 e. The van der Waals surface area contributed by atoms with Gasteiger partial charge in [-0.15, -0.1) is 0 Å². The second-order valence-electron chi connectivity index (χ2n) is 8.13. The number of rotatable bonds is 4. The van der Waals surface area contributed by atoms with Gasteiger partial charge >= 0.3 is 0 Å². The predicted octanol–water partition coefficient (Wildman–Crippen LogP) is 4.25. The van der Waals surface area contributed by atoms with Gasteiger partial charge < -0.3 is 5.32 Å². The van der Waals surface area contributed by atoms with Crippen LogP contribution >= 0.6 is 0 Å². The first kappa shape index (κ1) is 19.1. The Balaban J connectivity index is 1.59. The number of benzene rings is 1. The summed E-state index contributed by atoms with van der Waals surface area (Å²) in [6.07, 6.45) is 8.35. The van der Waals surface area contributed by atoms with Gasteiger partial charge in [0.2, 0.25) is 5.91 Å². The molecular formula is C23H23FN4O. The fourth-order valence-corrected chi connectivity index (χ4v) is 3.83. The van der Waals surface area contributed by atoms with E-state index in [0.717, 1.165) is 35.5 Å². The molecule has 1 N–H and O–H groups in total. The molecule has 1 amide bonds. The predicted molar refractivity (Wildman–Crippen MR) is 110 cm³/mol. The minimum Gasteiger partial charge on any atom is -0.346 e. The molecule has 0 radical (unpaired) electrons. The van der Waals surface area contributed by atoms with Crippen LogP contribution in [0.25, 0.3) is 11.8 Å². The van der Waals surface area contributed by atoms with Crippen molar-refractivity contribution in [2.45, 2.75) is 32.7 Å². The second-order valence-corrected chi connectivity index (χ2v) is 8.13. The van der Waals surface area contributed by atoms with Gasteiger partial charge in [-0.25, -0.2) is 9.07 Å². The average Bonchev–Trinajstić information content (AvgIpc) is 3.10. The molecule has 148 valence electrons. The van der Waals surface area contributed by atoms with E-state index in [-0.39, 0.29) is 23.2 Å². The molecule has 1 aliphatic rings. The lowest BCUT2D eigenvalue weighted by molar-refractivity contribution is -0.117. The summed E-state index contributed by atoms with van der Waals surface area (Å²) in [6.45, 7) is 4.36. The maximum Gasteiger partial charge on any atom is 0.244 e. The van der Waals surface area contributed by atoms with Crippen LogP contribution in [-0.4, -0.2) is 20.7 Å². The maximum atomic E-state index is 13.3. The van der Waals surface area contributed by atoms with E-state index in [1.54, 1.807) is 30.6 Å². The Bertz CT molecular complexity index is 1040. The summed E-state index contributed by atoms with van der Waals surface area (Å²) in [6, 6.07) is 11.7. The van der Waals surface area contributed by atoms with E-state index >= 15 is 0 Å². The van der Waals surface area contributed by atoms with Crippen LogP contribution < -0.4 is 5.32 Å². The van der Waals surface area contributed by atoms with Crippen molar-refractivity contribution in [2.75, 3.05) is 0 Å². The molecule has 2 heterocycles. The molecule has 4 rings (SSSR count). The number of carbonyl (C=O) groups excluding carboxylic acids is 1. The van der Waals surface area contributed by atoms with Crippen molar-refractivity contribution < 1.29 is 9.18 Å². The Morgan fingerprint density at radius 2 is 2.03 bits per heavy atom. The summed E-state index contributed by atoms with van der Waals surface area (Å²) in [7, 11) is 0. The maximum absolute atomic E-state index is 13.3. The first-order valence-corrected chi connectivity index (χ1v) is 9.64. The number of halogens is 1. The number of hydrogen-bond acceptors (Lipinski definition) is 3. The zero-order valence-corrected chi connectivity index (χ0v) is 16.5. The highest BCUT2D eigenvalue weighted by molar-refractivity contribution is 5.91. The third-order valence-electron chi connectivity index (χ3n) is 5.16. The highest BCUT2D eigenvalue weighted by Gasteiger charge is 2.35. The molecule has 6 heteroatoms. The summed E-state index contributed by atoms with van der Waals surface area (Å²) < 4.78 is 15.1. The highest BCUT2D eigenvalue weighted by atomic mass is 19.1. The Labute approximate surface area is 169 Å². The Morgan fingerprint density at radius 1 is 1.24 bits per heavy atom. The lowest BCUT2D eigenvalue weighted by atomic mass is 9.74. The summed E-state index contributed by atoms with van der Waals surface area (Å²) in [5.41, 5.74) is 3.59. The highest BCUT2D eigenvalue weighted by Crippen LogP contribution is 2.41. The van der Waals surface area contributed by atoms with Gasteiger partial charge in [0, 0.05) is 17.8 Å². The fraction of sp³-hybridized carbons (Fsp3) is 0.261. The molecule has 5 nitrogen and oxygen atoms in total. The molecule has 1 aliphatic carbocycles. The molecule has 3 aromatic rings. The van der Waals surface area contributed by atoms with E-state index < -0.39 is 0 Å². The Morgan fingerprint density at radius 3 is 2.76 bits per heavy atom. The van der Waals surface area contributed by atoms with Crippen molar-refractivity contribution in [3.8, 4) is 5.69 Å². The topological polar surface area (TPSA) is 59.8 Å². The monoisotopic (exact) mass is 390 g/mol. The third-order valence-corrected chi connectivity index (χ3v) is 5.16. The minimum absolute atomic E-state index is 0.00649. The van der Waals surface area contributed by atoms with E-state index in [1.165, 1.54) is 18.2 Å². The van der Waals surface area contributed by atoms with E-state index in [9.17, 15) is 9.18 Å². The molecular weight excluding hydrogens is 367 g/mol. The van der Waals surface area contributed by atoms with Crippen LogP contribution in [0.2, 0.25) is 0 Å². The number of carbonyl (C=O) groups is 1. The lowest BCUT2D eigenvalue weighted by Gasteiger charge is -2.35. The van der Waals surface area contributed by atoms with Crippen molar-refractivity contribution in [1.82, 2.24) is 20.1 Å². The van der Waals surface area contributed by atoms with Gasteiger partial charge in [-0.2, -0.15) is 5.10 Å². The number of fused-ring (bicyclic) bond motifs is 1. The molecule has 0 fully saturated rings. The number of nitrogens with one attached hydrogen (secondary N) is 1. The number of pyridine rings is 1. The summed E-state index contributed by atoms with van der Waals surface area (Å²) in [5, 5.41) is 7.64.